The monoisotopic (exact) mass is 510 g/mol. The Morgan fingerprint density at radius 1 is 0.325 bits per heavy atom. The standard InChI is InChI=1S/C38H22O2/c1-3-13-28-26(11-1)36(23-20-21-25-24-10-5-7-17-32(24)40-35(25)22-23)27-12-2-4-14-29(27)37(28)31-16-9-19-34-38(31)30-15-6-8-18-33(30)39-34/h1-22H. The third-order valence-corrected chi connectivity index (χ3v) is 8.27. The van der Waals surface area contributed by atoms with Crippen LogP contribution in [-0.4, -0.2) is 0 Å². The van der Waals surface area contributed by atoms with Crippen LogP contribution in [0.5, 0.6) is 0 Å². The SMILES string of the molecule is c1ccc2c(c1)oc1cc(-c3c4ccccc4c(-c4cccc5oc6ccccc6c45)c4ccccc34)ccc12. The Labute approximate surface area is 229 Å². The summed E-state index contributed by atoms with van der Waals surface area (Å²) >= 11 is 0. The molecular weight excluding hydrogens is 488 g/mol. The molecule has 0 spiro atoms. The smallest absolute Gasteiger partial charge is 0.136 e. The number of rotatable bonds is 2. The zero-order valence-electron chi connectivity index (χ0n) is 21.5. The van der Waals surface area contributed by atoms with Crippen molar-refractivity contribution in [3.63, 3.8) is 0 Å². The second kappa shape index (κ2) is 8.08. The Hall–Kier alpha value is -5.34. The summed E-state index contributed by atoms with van der Waals surface area (Å²) in [6, 6.07) is 47.2. The maximum absolute atomic E-state index is 6.30. The molecule has 0 N–H and O–H groups in total. The first-order valence-corrected chi connectivity index (χ1v) is 13.6. The van der Waals surface area contributed by atoms with E-state index >= 15 is 0 Å². The van der Waals surface area contributed by atoms with Crippen LogP contribution in [0.2, 0.25) is 0 Å². The summed E-state index contributed by atoms with van der Waals surface area (Å²) in [6.07, 6.45) is 0. The number of furan rings is 2. The molecule has 2 heteroatoms. The number of benzene rings is 7. The van der Waals surface area contributed by atoms with Gasteiger partial charge in [-0.15, -0.1) is 0 Å². The lowest BCUT2D eigenvalue weighted by Crippen LogP contribution is -1.91. The summed E-state index contributed by atoms with van der Waals surface area (Å²) < 4.78 is 12.6. The Morgan fingerprint density at radius 3 is 1.52 bits per heavy atom. The van der Waals surface area contributed by atoms with Crippen LogP contribution in [0.15, 0.2) is 142 Å². The summed E-state index contributed by atoms with van der Waals surface area (Å²) in [5, 5.41) is 9.47. The molecule has 0 saturated heterocycles. The van der Waals surface area contributed by atoms with E-state index in [0.29, 0.717) is 0 Å². The van der Waals surface area contributed by atoms with Crippen LogP contribution >= 0.6 is 0 Å². The van der Waals surface area contributed by atoms with Gasteiger partial charge < -0.3 is 8.83 Å². The van der Waals surface area contributed by atoms with E-state index in [2.05, 4.69) is 109 Å². The summed E-state index contributed by atoms with van der Waals surface area (Å²) in [6.45, 7) is 0. The largest absolute Gasteiger partial charge is 0.456 e. The third-order valence-electron chi connectivity index (χ3n) is 8.27. The second-order valence-electron chi connectivity index (χ2n) is 10.4. The topological polar surface area (TPSA) is 26.3 Å². The van der Waals surface area contributed by atoms with Gasteiger partial charge in [0.15, 0.2) is 0 Å². The Morgan fingerprint density at radius 2 is 0.825 bits per heavy atom. The molecule has 0 radical (unpaired) electrons. The predicted molar refractivity (Wildman–Crippen MR) is 167 cm³/mol. The van der Waals surface area contributed by atoms with Crippen LogP contribution in [-0.2, 0) is 0 Å². The van der Waals surface area contributed by atoms with Gasteiger partial charge in [0.25, 0.3) is 0 Å². The van der Waals surface area contributed by atoms with Gasteiger partial charge in [0.05, 0.1) is 0 Å². The highest BCUT2D eigenvalue weighted by molar-refractivity contribution is 6.26. The van der Waals surface area contributed by atoms with E-state index in [4.69, 9.17) is 8.83 Å². The number of fused-ring (bicyclic) bond motifs is 8. The molecule has 2 heterocycles. The molecule has 0 saturated carbocycles. The minimum absolute atomic E-state index is 0.908. The molecule has 0 aliphatic carbocycles. The highest BCUT2D eigenvalue weighted by Crippen LogP contribution is 2.47. The average molecular weight is 511 g/mol. The van der Waals surface area contributed by atoms with Gasteiger partial charge in [0, 0.05) is 21.5 Å². The van der Waals surface area contributed by atoms with Crippen LogP contribution in [0.25, 0.3) is 87.7 Å². The van der Waals surface area contributed by atoms with Crippen LogP contribution in [0, 0.1) is 0 Å². The highest BCUT2D eigenvalue weighted by atomic mass is 16.3. The van der Waals surface area contributed by atoms with Crippen molar-refractivity contribution in [1.82, 2.24) is 0 Å². The molecule has 186 valence electrons. The van der Waals surface area contributed by atoms with Crippen LogP contribution < -0.4 is 0 Å². The first-order chi connectivity index (χ1) is 19.8. The lowest BCUT2D eigenvalue weighted by atomic mass is 9.85. The fourth-order valence-corrected chi connectivity index (χ4v) is 6.59. The van der Waals surface area contributed by atoms with E-state index in [-0.39, 0.29) is 0 Å². The zero-order chi connectivity index (χ0) is 26.2. The summed E-state index contributed by atoms with van der Waals surface area (Å²) in [5.41, 5.74) is 8.44. The molecule has 0 bridgehead atoms. The second-order valence-corrected chi connectivity index (χ2v) is 10.4. The Kier molecular flexibility index (Phi) is 4.36. The van der Waals surface area contributed by atoms with E-state index in [1.807, 2.05) is 24.3 Å². The molecule has 7 aromatic carbocycles. The van der Waals surface area contributed by atoms with Gasteiger partial charge >= 0.3 is 0 Å². The molecule has 2 aromatic heterocycles. The number of para-hydroxylation sites is 2. The van der Waals surface area contributed by atoms with E-state index < -0.39 is 0 Å². The van der Waals surface area contributed by atoms with Gasteiger partial charge in [-0.25, -0.2) is 0 Å². The fraction of sp³-hybridized carbons (Fsp3) is 0. The summed E-state index contributed by atoms with van der Waals surface area (Å²) in [5.74, 6) is 0. The minimum Gasteiger partial charge on any atom is -0.456 e. The van der Waals surface area contributed by atoms with Gasteiger partial charge in [-0.2, -0.15) is 0 Å². The van der Waals surface area contributed by atoms with Crippen molar-refractivity contribution in [3.8, 4) is 22.3 Å². The maximum atomic E-state index is 6.30. The van der Waals surface area contributed by atoms with E-state index in [9.17, 15) is 0 Å². The van der Waals surface area contributed by atoms with Gasteiger partial charge in [0.2, 0.25) is 0 Å². The maximum Gasteiger partial charge on any atom is 0.136 e. The predicted octanol–water partition coefficient (Wildman–Crippen LogP) is 11.1. The Bertz CT molecular complexity index is 2380. The first-order valence-electron chi connectivity index (χ1n) is 13.6. The molecule has 40 heavy (non-hydrogen) atoms. The quantitative estimate of drug-likeness (QED) is 0.216. The molecule has 9 aromatic rings. The van der Waals surface area contributed by atoms with Crippen molar-refractivity contribution >= 4 is 65.4 Å². The van der Waals surface area contributed by atoms with E-state index in [1.54, 1.807) is 0 Å². The van der Waals surface area contributed by atoms with Gasteiger partial charge in [-0.05, 0) is 74.1 Å². The molecular formula is C38H22O2. The summed E-state index contributed by atoms with van der Waals surface area (Å²) in [4.78, 5) is 0. The molecule has 2 nitrogen and oxygen atoms in total. The van der Waals surface area contributed by atoms with Gasteiger partial charge in [0.1, 0.15) is 22.3 Å². The molecule has 0 aliphatic heterocycles. The molecule has 0 amide bonds. The van der Waals surface area contributed by atoms with Gasteiger partial charge in [-0.1, -0.05) is 103 Å². The number of hydrogen-bond acceptors (Lipinski definition) is 2. The molecule has 0 unspecified atom stereocenters. The van der Waals surface area contributed by atoms with Crippen molar-refractivity contribution in [1.29, 1.82) is 0 Å². The third kappa shape index (κ3) is 2.93. The lowest BCUT2D eigenvalue weighted by Gasteiger charge is -2.18. The lowest BCUT2D eigenvalue weighted by molar-refractivity contribution is 0.668. The molecule has 0 aliphatic rings. The average Bonchev–Trinajstić information content (AvgIpc) is 3.58. The van der Waals surface area contributed by atoms with Crippen molar-refractivity contribution in [3.05, 3.63) is 133 Å². The van der Waals surface area contributed by atoms with Crippen molar-refractivity contribution < 1.29 is 8.83 Å². The molecule has 0 atom stereocenters. The van der Waals surface area contributed by atoms with Crippen molar-refractivity contribution in [2.45, 2.75) is 0 Å². The Balaban J connectivity index is 1.42. The minimum atomic E-state index is 0.908. The first kappa shape index (κ1) is 21.6. The molecule has 0 fully saturated rings. The highest BCUT2D eigenvalue weighted by Gasteiger charge is 2.20. The van der Waals surface area contributed by atoms with E-state index in [1.165, 1.54) is 38.2 Å². The molecule has 9 rings (SSSR count). The number of hydrogen-bond donors (Lipinski definition) is 0. The zero-order valence-corrected chi connectivity index (χ0v) is 21.5. The van der Waals surface area contributed by atoms with Crippen LogP contribution in [0.3, 0.4) is 0 Å². The fourth-order valence-electron chi connectivity index (χ4n) is 6.59. The normalized spacial score (nSPS) is 12.0. The summed E-state index contributed by atoms with van der Waals surface area (Å²) in [7, 11) is 0. The van der Waals surface area contributed by atoms with Crippen molar-refractivity contribution in [2.75, 3.05) is 0 Å². The van der Waals surface area contributed by atoms with E-state index in [0.717, 1.165) is 49.4 Å². The van der Waals surface area contributed by atoms with Crippen molar-refractivity contribution in [2.24, 2.45) is 0 Å². The van der Waals surface area contributed by atoms with Crippen LogP contribution in [0.4, 0.5) is 0 Å². The van der Waals surface area contributed by atoms with Crippen LogP contribution in [0.1, 0.15) is 0 Å². The van der Waals surface area contributed by atoms with Gasteiger partial charge in [-0.3, -0.25) is 0 Å².